The summed E-state index contributed by atoms with van der Waals surface area (Å²) in [4.78, 5) is 0. The van der Waals surface area contributed by atoms with E-state index in [1.807, 2.05) is 13.0 Å². The second-order valence-corrected chi connectivity index (χ2v) is 2.55. The van der Waals surface area contributed by atoms with E-state index in [0.717, 1.165) is 5.56 Å². The van der Waals surface area contributed by atoms with Gasteiger partial charge in [0, 0.05) is 11.3 Å². The van der Waals surface area contributed by atoms with Crippen LogP contribution in [0.25, 0.3) is 5.70 Å². The van der Waals surface area contributed by atoms with E-state index in [0.29, 0.717) is 11.3 Å². The molecule has 0 radical (unpaired) electrons. The molecule has 0 saturated carbocycles. The minimum Gasteiger partial charge on any atom is -0.507 e. The third kappa shape index (κ3) is 1.52. The largest absolute Gasteiger partial charge is 0.507 e. The fourth-order valence-corrected chi connectivity index (χ4v) is 0.913. The fraction of sp³-hybridized carbons (Fsp3) is 0.111. The smallest absolute Gasteiger partial charge is 0.125 e. The summed E-state index contributed by atoms with van der Waals surface area (Å²) in [5.74, 6) is 0.192. The summed E-state index contributed by atoms with van der Waals surface area (Å²) < 4.78 is 0. The summed E-state index contributed by atoms with van der Waals surface area (Å²) in [5.41, 5.74) is 7.42. The predicted octanol–water partition coefficient (Wildman–Crippen LogP) is 1.63. The summed E-state index contributed by atoms with van der Waals surface area (Å²) >= 11 is 0. The zero-order chi connectivity index (χ0) is 8.43. The quantitative estimate of drug-likeness (QED) is 0.637. The standard InChI is InChI=1S/C9H11NO/c1-6-3-4-8(7(2)10)9(11)5-6/h3-5,11H,2,10H2,1H3. The number of benzene rings is 1. The van der Waals surface area contributed by atoms with Gasteiger partial charge in [0.2, 0.25) is 0 Å². The molecule has 11 heavy (non-hydrogen) atoms. The molecule has 0 fully saturated rings. The summed E-state index contributed by atoms with van der Waals surface area (Å²) in [5, 5.41) is 9.32. The maximum atomic E-state index is 9.32. The van der Waals surface area contributed by atoms with Gasteiger partial charge in [0.15, 0.2) is 0 Å². The monoisotopic (exact) mass is 149 g/mol. The molecule has 0 amide bonds. The van der Waals surface area contributed by atoms with Crippen LogP contribution >= 0.6 is 0 Å². The molecular weight excluding hydrogens is 138 g/mol. The Hall–Kier alpha value is -1.44. The van der Waals surface area contributed by atoms with Gasteiger partial charge in [-0.1, -0.05) is 12.6 Å². The number of hydrogen-bond donors (Lipinski definition) is 2. The Morgan fingerprint density at radius 2 is 2.18 bits per heavy atom. The molecule has 0 spiro atoms. The van der Waals surface area contributed by atoms with Crippen LogP contribution in [0.1, 0.15) is 11.1 Å². The maximum Gasteiger partial charge on any atom is 0.125 e. The van der Waals surface area contributed by atoms with Crippen LogP contribution in [0.15, 0.2) is 24.8 Å². The number of nitrogens with two attached hydrogens (primary N) is 1. The molecule has 0 aliphatic carbocycles. The van der Waals surface area contributed by atoms with Crippen molar-refractivity contribution in [1.29, 1.82) is 0 Å². The van der Waals surface area contributed by atoms with E-state index in [-0.39, 0.29) is 5.75 Å². The second kappa shape index (κ2) is 2.66. The van der Waals surface area contributed by atoms with E-state index < -0.39 is 0 Å². The highest BCUT2D eigenvalue weighted by Crippen LogP contribution is 2.21. The van der Waals surface area contributed by atoms with E-state index in [1.165, 1.54) is 0 Å². The average Bonchev–Trinajstić information content (AvgIpc) is 1.85. The third-order valence-corrected chi connectivity index (χ3v) is 1.50. The van der Waals surface area contributed by atoms with Crippen molar-refractivity contribution < 1.29 is 5.11 Å². The maximum absolute atomic E-state index is 9.32. The fourth-order valence-electron chi connectivity index (χ4n) is 0.913. The molecule has 3 N–H and O–H groups in total. The van der Waals surface area contributed by atoms with Crippen LogP contribution in [0.2, 0.25) is 0 Å². The first kappa shape index (κ1) is 7.66. The first-order chi connectivity index (χ1) is 5.11. The third-order valence-electron chi connectivity index (χ3n) is 1.50. The van der Waals surface area contributed by atoms with E-state index in [2.05, 4.69) is 6.58 Å². The second-order valence-electron chi connectivity index (χ2n) is 2.55. The number of aryl methyl sites for hydroxylation is 1. The van der Waals surface area contributed by atoms with Gasteiger partial charge in [-0.2, -0.15) is 0 Å². The van der Waals surface area contributed by atoms with Crippen LogP contribution in [-0.4, -0.2) is 5.11 Å². The summed E-state index contributed by atoms with van der Waals surface area (Å²) in [6, 6.07) is 5.30. The molecule has 0 aliphatic heterocycles. The zero-order valence-corrected chi connectivity index (χ0v) is 6.46. The van der Waals surface area contributed by atoms with Gasteiger partial charge < -0.3 is 10.8 Å². The van der Waals surface area contributed by atoms with Crippen molar-refractivity contribution in [2.45, 2.75) is 6.92 Å². The Bertz CT molecular complexity index is 292. The van der Waals surface area contributed by atoms with E-state index in [9.17, 15) is 5.11 Å². The molecule has 0 heterocycles. The van der Waals surface area contributed by atoms with Crippen molar-refractivity contribution in [3.63, 3.8) is 0 Å². The molecule has 58 valence electrons. The summed E-state index contributed by atoms with van der Waals surface area (Å²) in [6.45, 7) is 5.44. The minimum atomic E-state index is 0.192. The lowest BCUT2D eigenvalue weighted by atomic mass is 10.1. The molecule has 1 rings (SSSR count). The first-order valence-corrected chi connectivity index (χ1v) is 3.35. The van der Waals surface area contributed by atoms with Gasteiger partial charge in [-0.3, -0.25) is 0 Å². The van der Waals surface area contributed by atoms with Gasteiger partial charge in [0.05, 0.1) is 0 Å². The molecule has 2 heteroatoms. The van der Waals surface area contributed by atoms with Gasteiger partial charge in [0.25, 0.3) is 0 Å². The molecule has 1 aromatic rings. The Kier molecular flexibility index (Phi) is 1.85. The number of phenols is 1. The lowest BCUT2D eigenvalue weighted by molar-refractivity contribution is 0.473. The van der Waals surface area contributed by atoms with Gasteiger partial charge in [0.1, 0.15) is 5.75 Å². The molecule has 0 saturated heterocycles. The van der Waals surface area contributed by atoms with Crippen molar-refractivity contribution in [1.82, 2.24) is 0 Å². The SMILES string of the molecule is C=C(N)c1ccc(C)cc1O. The van der Waals surface area contributed by atoms with Crippen molar-refractivity contribution in [2.24, 2.45) is 5.73 Å². The highest BCUT2D eigenvalue weighted by atomic mass is 16.3. The molecule has 2 nitrogen and oxygen atoms in total. The molecule has 0 aromatic heterocycles. The van der Waals surface area contributed by atoms with Crippen molar-refractivity contribution in [3.8, 4) is 5.75 Å². The normalized spacial score (nSPS) is 9.55. The van der Waals surface area contributed by atoms with Crippen LogP contribution in [0.5, 0.6) is 5.75 Å². The Balaban J connectivity index is 3.20. The van der Waals surface area contributed by atoms with Gasteiger partial charge in [-0.05, 0) is 24.6 Å². The van der Waals surface area contributed by atoms with Gasteiger partial charge in [-0.15, -0.1) is 0 Å². The highest BCUT2D eigenvalue weighted by molar-refractivity contribution is 5.66. The van der Waals surface area contributed by atoms with Gasteiger partial charge >= 0.3 is 0 Å². The van der Waals surface area contributed by atoms with Crippen molar-refractivity contribution >= 4 is 5.70 Å². The minimum absolute atomic E-state index is 0.192. The van der Waals surface area contributed by atoms with Crippen molar-refractivity contribution in [2.75, 3.05) is 0 Å². The molecule has 0 atom stereocenters. The summed E-state index contributed by atoms with van der Waals surface area (Å²) in [7, 11) is 0. The van der Waals surface area contributed by atoms with Crippen LogP contribution in [0.3, 0.4) is 0 Å². The average molecular weight is 149 g/mol. The lowest BCUT2D eigenvalue weighted by Gasteiger charge is -2.03. The van der Waals surface area contributed by atoms with Crippen LogP contribution < -0.4 is 5.73 Å². The number of aromatic hydroxyl groups is 1. The number of hydrogen-bond acceptors (Lipinski definition) is 2. The van der Waals surface area contributed by atoms with Crippen LogP contribution in [-0.2, 0) is 0 Å². The molecule has 0 bridgehead atoms. The Morgan fingerprint density at radius 1 is 1.55 bits per heavy atom. The predicted molar refractivity (Wildman–Crippen MR) is 46.1 cm³/mol. The molecular formula is C9H11NO. The first-order valence-electron chi connectivity index (χ1n) is 3.35. The Labute approximate surface area is 66.0 Å². The highest BCUT2D eigenvalue weighted by Gasteiger charge is 2.00. The molecule has 1 aromatic carbocycles. The summed E-state index contributed by atoms with van der Waals surface area (Å²) in [6.07, 6.45) is 0. The molecule has 0 unspecified atom stereocenters. The van der Waals surface area contributed by atoms with Crippen molar-refractivity contribution in [3.05, 3.63) is 35.9 Å². The topological polar surface area (TPSA) is 46.2 Å². The number of rotatable bonds is 1. The van der Waals surface area contributed by atoms with Gasteiger partial charge in [-0.25, -0.2) is 0 Å². The van der Waals surface area contributed by atoms with E-state index in [4.69, 9.17) is 5.73 Å². The van der Waals surface area contributed by atoms with Crippen LogP contribution in [0, 0.1) is 6.92 Å². The molecule has 0 aliphatic rings. The van der Waals surface area contributed by atoms with Crippen LogP contribution in [0.4, 0.5) is 0 Å². The number of phenolic OH excluding ortho intramolecular Hbond substituents is 1. The van der Waals surface area contributed by atoms with E-state index in [1.54, 1.807) is 12.1 Å². The Morgan fingerprint density at radius 3 is 2.64 bits per heavy atom. The zero-order valence-electron chi connectivity index (χ0n) is 6.46. The van der Waals surface area contributed by atoms with E-state index >= 15 is 0 Å². The lowest BCUT2D eigenvalue weighted by Crippen LogP contribution is -1.94.